The summed E-state index contributed by atoms with van der Waals surface area (Å²) in [6.45, 7) is 5.13. The van der Waals surface area contributed by atoms with Crippen LogP contribution in [-0.4, -0.2) is 63.8 Å². The second kappa shape index (κ2) is 15.8. The van der Waals surface area contributed by atoms with Gasteiger partial charge >= 0.3 is 12.1 Å². The van der Waals surface area contributed by atoms with Crippen molar-refractivity contribution in [1.82, 2.24) is 9.88 Å². The predicted octanol–water partition coefficient (Wildman–Crippen LogP) is 8.44. The Kier molecular flexibility index (Phi) is 11.4. The molecule has 0 radical (unpaired) electrons. The number of fused-ring (bicyclic) bond motifs is 5. The summed E-state index contributed by atoms with van der Waals surface area (Å²) in [4.78, 5) is 42.3. The quantitative estimate of drug-likeness (QED) is 0.0952. The maximum atomic E-state index is 12.7. The third-order valence-electron chi connectivity index (χ3n) is 11.6. The Morgan fingerprint density at radius 3 is 2.53 bits per heavy atom. The SMILES string of the molecule is C[C@]12CC[C@H](OC(=O)OCCSSCCC(=O)N(CC(=O)O)Cc3ccccc3)CC1=CC[C@@H]1[C@@H]2CC[C@]2(C)C(c3cccnc3)=CC[C@@H]12. The zero-order valence-electron chi connectivity index (χ0n) is 28.6. The van der Waals surface area contributed by atoms with E-state index < -0.39 is 12.1 Å². The number of allylic oxidation sites excluding steroid dienone is 3. The van der Waals surface area contributed by atoms with Gasteiger partial charge in [0.05, 0.1) is 0 Å². The number of carboxylic acid groups (broad SMARTS) is 1. The van der Waals surface area contributed by atoms with Crippen molar-refractivity contribution in [2.75, 3.05) is 24.7 Å². The second-order valence-corrected chi connectivity index (χ2v) is 17.1. The molecule has 1 N–H and O–H groups in total. The molecule has 6 rings (SSSR count). The van der Waals surface area contributed by atoms with Crippen molar-refractivity contribution in [3.8, 4) is 0 Å². The normalized spacial score (nSPS) is 28.6. The summed E-state index contributed by atoms with van der Waals surface area (Å²) >= 11 is 0. The number of hydrogen-bond donors (Lipinski definition) is 1. The molecular weight excluding hydrogens is 657 g/mol. The van der Waals surface area contributed by atoms with Crippen molar-refractivity contribution in [2.24, 2.45) is 28.6 Å². The molecule has 1 aromatic heterocycles. The molecular formula is C39H48N2O6S2. The lowest BCUT2D eigenvalue weighted by Crippen LogP contribution is -2.50. The molecule has 262 valence electrons. The number of ether oxygens (including phenoxy) is 2. The van der Waals surface area contributed by atoms with Gasteiger partial charge in [-0.1, -0.05) is 89.6 Å². The molecule has 0 bridgehead atoms. The zero-order valence-corrected chi connectivity index (χ0v) is 30.2. The lowest BCUT2D eigenvalue weighted by Gasteiger charge is -2.57. The Hall–Kier alpha value is -3.24. The highest BCUT2D eigenvalue weighted by Crippen LogP contribution is 2.66. The summed E-state index contributed by atoms with van der Waals surface area (Å²) in [6, 6.07) is 13.6. The van der Waals surface area contributed by atoms with Gasteiger partial charge in [-0.25, -0.2) is 4.79 Å². The van der Waals surface area contributed by atoms with Gasteiger partial charge in [0.2, 0.25) is 5.91 Å². The van der Waals surface area contributed by atoms with Gasteiger partial charge in [0.25, 0.3) is 0 Å². The van der Waals surface area contributed by atoms with Crippen molar-refractivity contribution in [3.63, 3.8) is 0 Å². The number of amides is 1. The summed E-state index contributed by atoms with van der Waals surface area (Å²) < 4.78 is 11.2. The fraction of sp³-hybridized carbons (Fsp3) is 0.538. The van der Waals surface area contributed by atoms with Gasteiger partial charge < -0.3 is 19.5 Å². The number of carboxylic acids is 1. The second-order valence-electron chi connectivity index (χ2n) is 14.4. The lowest BCUT2D eigenvalue weighted by atomic mass is 9.47. The van der Waals surface area contributed by atoms with Gasteiger partial charge in [-0.2, -0.15) is 0 Å². The van der Waals surface area contributed by atoms with Crippen LogP contribution >= 0.6 is 21.6 Å². The minimum Gasteiger partial charge on any atom is -0.480 e. The topological polar surface area (TPSA) is 106 Å². The molecule has 2 saturated carbocycles. The van der Waals surface area contributed by atoms with Crippen LogP contribution in [0.4, 0.5) is 4.79 Å². The molecule has 0 aliphatic heterocycles. The van der Waals surface area contributed by atoms with Gasteiger partial charge in [0.1, 0.15) is 19.3 Å². The Bertz CT molecular complexity index is 1550. The fourth-order valence-electron chi connectivity index (χ4n) is 9.20. The number of aromatic nitrogens is 1. The van der Waals surface area contributed by atoms with Gasteiger partial charge in [0, 0.05) is 43.3 Å². The first-order chi connectivity index (χ1) is 23.7. The van der Waals surface area contributed by atoms with Crippen LogP contribution in [0, 0.1) is 28.6 Å². The molecule has 0 spiro atoms. The van der Waals surface area contributed by atoms with Crippen LogP contribution in [0.15, 0.2) is 72.6 Å². The predicted molar refractivity (Wildman–Crippen MR) is 195 cm³/mol. The molecule has 8 nitrogen and oxygen atoms in total. The van der Waals surface area contributed by atoms with Gasteiger partial charge in [0.15, 0.2) is 0 Å². The number of benzene rings is 1. The molecule has 1 amide bonds. The van der Waals surface area contributed by atoms with E-state index in [1.54, 1.807) is 0 Å². The summed E-state index contributed by atoms with van der Waals surface area (Å²) in [7, 11) is 3.04. The zero-order chi connectivity index (χ0) is 34.4. The molecule has 4 aliphatic rings. The van der Waals surface area contributed by atoms with Gasteiger partial charge in [-0.15, -0.1) is 0 Å². The number of carbonyl (C=O) groups is 3. The van der Waals surface area contributed by atoms with E-state index in [0.717, 1.165) is 37.7 Å². The van der Waals surface area contributed by atoms with Crippen LogP contribution in [0.5, 0.6) is 0 Å². The summed E-state index contributed by atoms with van der Waals surface area (Å²) in [5, 5.41) is 9.24. The van der Waals surface area contributed by atoms with E-state index in [1.807, 2.05) is 48.8 Å². The largest absolute Gasteiger partial charge is 0.508 e. The van der Waals surface area contributed by atoms with E-state index in [2.05, 4.69) is 37.0 Å². The highest BCUT2D eigenvalue weighted by atomic mass is 33.1. The van der Waals surface area contributed by atoms with Gasteiger partial charge in [-0.05, 0) is 89.9 Å². The van der Waals surface area contributed by atoms with E-state index in [9.17, 15) is 19.5 Å². The van der Waals surface area contributed by atoms with E-state index in [0.29, 0.717) is 29.3 Å². The maximum Gasteiger partial charge on any atom is 0.508 e. The van der Waals surface area contributed by atoms with Crippen molar-refractivity contribution in [1.29, 1.82) is 0 Å². The Morgan fingerprint density at radius 1 is 0.959 bits per heavy atom. The van der Waals surface area contributed by atoms with Crippen molar-refractivity contribution >= 4 is 45.2 Å². The minimum atomic E-state index is -1.03. The van der Waals surface area contributed by atoms with Crippen LogP contribution < -0.4 is 0 Å². The molecule has 0 saturated heterocycles. The first-order valence-corrected chi connectivity index (χ1v) is 20.1. The van der Waals surface area contributed by atoms with Crippen molar-refractivity contribution < 1.29 is 29.0 Å². The first kappa shape index (κ1) is 35.6. The van der Waals surface area contributed by atoms with E-state index in [1.165, 1.54) is 56.0 Å². The first-order valence-electron chi connectivity index (χ1n) is 17.6. The van der Waals surface area contributed by atoms with Crippen LogP contribution in [0.1, 0.15) is 76.3 Å². The Morgan fingerprint density at radius 2 is 1.76 bits per heavy atom. The number of hydrogen-bond acceptors (Lipinski definition) is 8. The molecule has 10 heteroatoms. The monoisotopic (exact) mass is 704 g/mol. The van der Waals surface area contributed by atoms with Crippen LogP contribution in [0.2, 0.25) is 0 Å². The van der Waals surface area contributed by atoms with E-state index in [-0.39, 0.29) is 49.0 Å². The number of carbonyl (C=O) groups excluding carboxylic acids is 2. The Balaban J connectivity index is 0.906. The van der Waals surface area contributed by atoms with E-state index >= 15 is 0 Å². The standard InChI is InChI=1S/C39H48N2O6S2/c1-38-17-14-30(23-29(38)10-11-31-33-13-12-32(28-9-6-19-40-24-28)39(33,2)18-15-34(31)38)47-37(45)46-20-22-49-48-21-16-35(42)41(26-36(43)44)25-27-7-4-3-5-8-27/h3-10,12,19,24,30-31,33-34H,11,13-18,20-23,25-26H2,1-2H3,(H,43,44)/t30-,31-,33-,34-,38-,39+/m0/s1. The third-order valence-corrected chi connectivity index (χ3v) is 14.0. The molecule has 1 aromatic carbocycles. The highest BCUT2D eigenvalue weighted by molar-refractivity contribution is 8.76. The number of pyridine rings is 1. The maximum absolute atomic E-state index is 12.7. The van der Waals surface area contributed by atoms with Crippen LogP contribution in [0.3, 0.4) is 0 Å². The van der Waals surface area contributed by atoms with E-state index in [4.69, 9.17) is 9.47 Å². The summed E-state index contributed by atoms with van der Waals surface area (Å²) in [5.41, 5.74) is 5.49. The molecule has 1 heterocycles. The highest BCUT2D eigenvalue weighted by Gasteiger charge is 2.57. The van der Waals surface area contributed by atoms with Crippen molar-refractivity contribution in [2.45, 2.75) is 77.9 Å². The van der Waals surface area contributed by atoms with Crippen LogP contribution in [0.25, 0.3) is 5.57 Å². The number of nitrogens with zero attached hydrogens (tertiary/aromatic N) is 2. The molecule has 49 heavy (non-hydrogen) atoms. The Labute approximate surface area is 297 Å². The van der Waals surface area contributed by atoms with Crippen LogP contribution in [-0.2, 0) is 25.6 Å². The van der Waals surface area contributed by atoms with Gasteiger partial charge in [-0.3, -0.25) is 14.6 Å². The summed E-state index contributed by atoms with van der Waals surface area (Å²) in [6.07, 6.45) is 15.7. The average Bonchev–Trinajstić information content (AvgIpc) is 3.45. The molecule has 6 atom stereocenters. The number of aliphatic carboxylic acids is 1. The fourth-order valence-corrected chi connectivity index (χ4v) is 11.0. The number of rotatable bonds is 13. The third kappa shape index (κ3) is 8.06. The van der Waals surface area contributed by atoms with Crippen molar-refractivity contribution in [3.05, 3.63) is 83.7 Å². The summed E-state index contributed by atoms with van der Waals surface area (Å²) in [5.74, 6) is 1.88. The average molecular weight is 705 g/mol. The molecule has 4 aliphatic carbocycles. The molecule has 2 fully saturated rings. The molecule has 2 aromatic rings. The lowest BCUT2D eigenvalue weighted by molar-refractivity contribution is -0.144. The minimum absolute atomic E-state index is 0.153. The smallest absolute Gasteiger partial charge is 0.480 e. The molecule has 0 unspecified atom stereocenters.